The van der Waals surface area contributed by atoms with E-state index >= 15 is 0 Å². The summed E-state index contributed by atoms with van der Waals surface area (Å²) in [6, 6.07) is 17.2. The molecule has 7 heteroatoms. The molecular formula is C21H22N2O4S. The maximum atomic E-state index is 12.0. The largest absolute Gasteiger partial charge is 0.452 e. The van der Waals surface area contributed by atoms with Gasteiger partial charge in [0.15, 0.2) is 6.61 Å². The lowest BCUT2D eigenvalue weighted by molar-refractivity contribution is -0.142. The lowest BCUT2D eigenvalue weighted by Crippen LogP contribution is -2.36. The molecule has 146 valence electrons. The molecule has 28 heavy (non-hydrogen) atoms. The number of anilines is 2. The van der Waals surface area contributed by atoms with Gasteiger partial charge < -0.3 is 19.7 Å². The number of carbonyl (C=O) groups excluding carboxylic acids is 2. The first-order valence-electron chi connectivity index (χ1n) is 8.98. The first kappa shape index (κ1) is 20.0. The van der Waals surface area contributed by atoms with Gasteiger partial charge in [-0.3, -0.25) is 4.79 Å². The zero-order valence-corrected chi connectivity index (χ0v) is 16.2. The Morgan fingerprint density at radius 2 is 1.79 bits per heavy atom. The number of nitrogens with one attached hydrogen (secondary N) is 1. The molecule has 0 aliphatic carbocycles. The number of ether oxygens (including phenoxy) is 2. The van der Waals surface area contributed by atoms with Gasteiger partial charge >= 0.3 is 5.97 Å². The minimum absolute atomic E-state index is 0.329. The molecule has 2 aromatic carbocycles. The molecule has 0 unspecified atom stereocenters. The summed E-state index contributed by atoms with van der Waals surface area (Å²) in [4.78, 5) is 26.9. The van der Waals surface area contributed by atoms with E-state index in [4.69, 9.17) is 9.47 Å². The van der Waals surface area contributed by atoms with Gasteiger partial charge in [-0.1, -0.05) is 30.0 Å². The molecular weight excluding hydrogens is 376 g/mol. The van der Waals surface area contributed by atoms with Crippen LogP contribution in [0.4, 0.5) is 11.4 Å². The van der Waals surface area contributed by atoms with Gasteiger partial charge in [-0.25, -0.2) is 4.79 Å². The third-order valence-electron chi connectivity index (χ3n) is 4.02. The van der Waals surface area contributed by atoms with E-state index < -0.39 is 5.97 Å². The van der Waals surface area contributed by atoms with Crippen LogP contribution in [0.1, 0.15) is 0 Å². The number of rotatable bonds is 7. The van der Waals surface area contributed by atoms with Crippen LogP contribution in [0.5, 0.6) is 0 Å². The van der Waals surface area contributed by atoms with Crippen LogP contribution in [0.25, 0.3) is 0 Å². The van der Waals surface area contributed by atoms with E-state index in [1.54, 1.807) is 5.41 Å². The molecule has 1 N–H and O–H groups in total. The summed E-state index contributed by atoms with van der Waals surface area (Å²) >= 11 is 1.40. The third-order valence-corrected chi connectivity index (χ3v) is 4.84. The van der Waals surface area contributed by atoms with Gasteiger partial charge in [0.2, 0.25) is 0 Å². The second-order valence-corrected chi connectivity index (χ2v) is 7.02. The summed E-state index contributed by atoms with van der Waals surface area (Å²) in [5.74, 6) is -0.933. The van der Waals surface area contributed by atoms with Gasteiger partial charge in [-0.2, -0.15) is 0 Å². The second-order valence-electron chi connectivity index (χ2n) is 6.04. The van der Waals surface area contributed by atoms with Gasteiger partial charge in [0, 0.05) is 35.4 Å². The SMILES string of the molecule is O=C(COC(=O)/C=C/Sc1ccccc1)Nc1ccc(N2CCOCC2)cc1. The standard InChI is InChI=1S/C21H22N2O4S/c24-20(16-27-21(25)10-15-28-19-4-2-1-3-5-19)22-17-6-8-18(9-7-17)23-11-13-26-14-12-23/h1-10,15H,11-14,16H2,(H,22,24)/b15-10+. The molecule has 0 radical (unpaired) electrons. The molecule has 1 aliphatic heterocycles. The predicted octanol–water partition coefficient (Wildman–Crippen LogP) is 3.31. The average molecular weight is 398 g/mol. The lowest BCUT2D eigenvalue weighted by Gasteiger charge is -2.28. The van der Waals surface area contributed by atoms with Gasteiger partial charge in [-0.05, 0) is 41.8 Å². The highest BCUT2D eigenvalue weighted by Crippen LogP contribution is 2.19. The number of morpholine rings is 1. The Labute approximate surface area is 168 Å². The lowest BCUT2D eigenvalue weighted by atomic mass is 10.2. The Morgan fingerprint density at radius 1 is 1.07 bits per heavy atom. The van der Waals surface area contributed by atoms with Gasteiger partial charge in [0.1, 0.15) is 0 Å². The first-order chi connectivity index (χ1) is 13.7. The highest BCUT2D eigenvalue weighted by atomic mass is 32.2. The summed E-state index contributed by atoms with van der Waals surface area (Å²) in [7, 11) is 0. The summed E-state index contributed by atoms with van der Waals surface area (Å²) in [6.07, 6.45) is 1.31. The van der Waals surface area contributed by atoms with Crippen molar-refractivity contribution in [3.8, 4) is 0 Å². The van der Waals surface area contributed by atoms with E-state index in [0.717, 1.165) is 36.9 Å². The van der Waals surface area contributed by atoms with Crippen LogP contribution in [0.3, 0.4) is 0 Å². The van der Waals surface area contributed by atoms with E-state index in [0.29, 0.717) is 5.69 Å². The summed E-state index contributed by atoms with van der Waals surface area (Å²) in [5, 5.41) is 4.36. The minimum Gasteiger partial charge on any atom is -0.452 e. The fraction of sp³-hybridized carbons (Fsp3) is 0.238. The topological polar surface area (TPSA) is 67.9 Å². The molecule has 0 saturated carbocycles. The van der Waals surface area contributed by atoms with Gasteiger partial charge in [0.05, 0.1) is 13.2 Å². The zero-order valence-electron chi connectivity index (χ0n) is 15.4. The van der Waals surface area contributed by atoms with Crippen molar-refractivity contribution in [2.45, 2.75) is 4.90 Å². The van der Waals surface area contributed by atoms with E-state index in [1.165, 1.54) is 17.8 Å². The molecule has 1 amide bonds. The fourth-order valence-electron chi connectivity index (χ4n) is 2.63. The van der Waals surface area contributed by atoms with Crippen molar-refractivity contribution in [1.29, 1.82) is 0 Å². The Kier molecular flexibility index (Phi) is 7.52. The van der Waals surface area contributed by atoms with Crippen LogP contribution in [-0.2, 0) is 19.1 Å². The first-order valence-corrected chi connectivity index (χ1v) is 9.86. The Morgan fingerprint density at radius 3 is 2.50 bits per heavy atom. The summed E-state index contributed by atoms with van der Waals surface area (Å²) in [6.45, 7) is 2.84. The second kappa shape index (κ2) is 10.5. The Balaban J connectivity index is 1.39. The van der Waals surface area contributed by atoms with Crippen molar-refractivity contribution < 1.29 is 19.1 Å². The molecule has 1 aliphatic rings. The number of hydrogen-bond acceptors (Lipinski definition) is 6. The molecule has 0 spiro atoms. The zero-order chi connectivity index (χ0) is 19.6. The molecule has 2 aromatic rings. The molecule has 1 fully saturated rings. The molecule has 0 atom stereocenters. The van der Waals surface area contributed by atoms with Crippen molar-refractivity contribution in [2.24, 2.45) is 0 Å². The maximum absolute atomic E-state index is 12.0. The maximum Gasteiger partial charge on any atom is 0.331 e. The average Bonchev–Trinajstić information content (AvgIpc) is 2.74. The van der Waals surface area contributed by atoms with Crippen LogP contribution in [-0.4, -0.2) is 44.8 Å². The van der Waals surface area contributed by atoms with Crippen LogP contribution in [0.15, 0.2) is 71.0 Å². The molecule has 3 rings (SSSR count). The highest BCUT2D eigenvalue weighted by molar-refractivity contribution is 8.02. The highest BCUT2D eigenvalue weighted by Gasteiger charge is 2.11. The van der Waals surface area contributed by atoms with E-state index in [2.05, 4.69) is 10.2 Å². The van der Waals surface area contributed by atoms with Crippen LogP contribution < -0.4 is 10.2 Å². The predicted molar refractivity (Wildman–Crippen MR) is 111 cm³/mol. The number of carbonyl (C=O) groups is 2. The molecule has 1 saturated heterocycles. The third kappa shape index (κ3) is 6.44. The van der Waals surface area contributed by atoms with Crippen LogP contribution in [0.2, 0.25) is 0 Å². The van der Waals surface area contributed by atoms with Crippen LogP contribution >= 0.6 is 11.8 Å². The number of thioether (sulfide) groups is 1. The smallest absolute Gasteiger partial charge is 0.331 e. The number of nitrogens with zero attached hydrogens (tertiary/aromatic N) is 1. The van der Waals surface area contributed by atoms with Gasteiger partial charge in [-0.15, -0.1) is 0 Å². The molecule has 0 aromatic heterocycles. The monoisotopic (exact) mass is 398 g/mol. The van der Waals surface area contributed by atoms with E-state index in [9.17, 15) is 9.59 Å². The molecule has 1 heterocycles. The van der Waals surface area contributed by atoms with Crippen molar-refractivity contribution in [3.63, 3.8) is 0 Å². The number of esters is 1. The number of hydrogen-bond donors (Lipinski definition) is 1. The summed E-state index contributed by atoms with van der Waals surface area (Å²) in [5.41, 5.74) is 1.75. The number of benzene rings is 2. The minimum atomic E-state index is -0.554. The number of amides is 1. The summed E-state index contributed by atoms with van der Waals surface area (Å²) < 4.78 is 10.3. The van der Waals surface area contributed by atoms with Crippen molar-refractivity contribution in [2.75, 3.05) is 43.1 Å². The van der Waals surface area contributed by atoms with E-state index in [-0.39, 0.29) is 12.5 Å². The van der Waals surface area contributed by atoms with E-state index in [1.807, 2.05) is 54.6 Å². The quantitative estimate of drug-likeness (QED) is 0.438. The Bertz CT molecular complexity index is 803. The van der Waals surface area contributed by atoms with Gasteiger partial charge in [0.25, 0.3) is 5.91 Å². The van der Waals surface area contributed by atoms with Crippen molar-refractivity contribution >= 4 is 35.0 Å². The fourth-order valence-corrected chi connectivity index (χ4v) is 3.28. The molecule has 0 bridgehead atoms. The Hall–Kier alpha value is -2.77. The van der Waals surface area contributed by atoms with Crippen molar-refractivity contribution in [3.05, 3.63) is 66.1 Å². The van der Waals surface area contributed by atoms with Crippen molar-refractivity contribution in [1.82, 2.24) is 0 Å². The normalized spacial score (nSPS) is 14.1. The van der Waals surface area contributed by atoms with Crippen LogP contribution in [0, 0.1) is 0 Å². The molecule has 6 nitrogen and oxygen atoms in total.